The molecule has 5 nitrogen and oxygen atoms in total. The van der Waals surface area contributed by atoms with Gasteiger partial charge in [-0.2, -0.15) is 0 Å². The molecule has 29 heavy (non-hydrogen) atoms. The van der Waals surface area contributed by atoms with Gasteiger partial charge in [0.15, 0.2) is 0 Å². The van der Waals surface area contributed by atoms with Crippen LogP contribution in [-0.4, -0.2) is 18.9 Å². The van der Waals surface area contributed by atoms with Crippen molar-refractivity contribution >= 4 is 17.5 Å². The topological polar surface area (TPSA) is 67.4 Å². The summed E-state index contributed by atoms with van der Waals surface area (Å²) in [5.41, 5.74) is 3.66. The molecule has 0 fully saturated rings. The molecule has 3 aromatic carbocycles. The molecule has 2 N–H and O–H groups in total. The van der Waals surface area contributed by atoms with Gasteiger partial charge in [0.2, 0.25) is 0 Å². The molecule has 0 heterocycles. The van der Waals surface area contributed by atoms with Crippen molar-refractivity contribution in [3.05, 3.63) is 95.1 Å². The Morgan fingerprint density at radius 1 is 0.862 bits per heavy atom. The zero-order valence-corrected chi connectivity index (χ0v) is 16.7. The lowest BCUT2D eigenvalue weighted by molar-refractivity contribution is 0.0938. The van der Waals surface area contributed by atoms with Gasteiger partial charge in [0.05, 0.1) is 13.2 Å². The van der Waals surface area contributed by atoms with E-state index in [1.165, 1.54) is 0 Å². The summed E-state index contributed by atoms with van der Waals surface area (Å²) in [6.45, 7) is 3.83. The highest BCUT2D eigenvalue weighted by Gasteiger charge is 2.14. The van der Waals surface area contributed by atoms with Gasteiger partial charge in [0.25, 0.3) is 11.8 Å². The number of aryl methyl sites for hydroxylation is 1. The Hall–Kier alpha value is -3.60. The highest BCUT2D eigenvalue weighted by Crippen LogP contribution is 2.21. The lowest BCUT2D eigenvalue weighted by Crippen LogP contribution is -2.26. The Kier molecular flexibility index (Phi) is 6.29. The number of anilines is 1. The summed E-state index contributed by atoms with van der Waals surface area (Å²) >= 11 is 0. The van der Waals surface area contributed by atoms with Crippen molar-refractivity contribution in [1.29, 1.82) is 0 Å². The maximum absolute atomic E-state index is 12.6. The van der Waals surface area contributed by atoms with Gasteiger partial charge in [0, 0.05) is 16.8 Å². The molecule has 0 aromatic heterocycles. The number of ether oxygens (including phenoxy) is 1. The van der Waals surface area contributed by atoms with Gasteiger partial charge in [-0.15, -0.1) is 0 Å². The number of nitrogens with one attached hydrogen (secondary N) is 2. The van der Waals surface area contributed by atoms with Gasteiger partial charge < -0.3 is 15.4 Å². The average molecular weight is 388 g/mol. The first-order chi connectivity index (χ1) is 14.0. The van der Waals surface area contributed by atoms with Crippen molar-refractivity contribution in [2.24, 2.45) is 0 Å². The minimum atomic E-state index is -0.233. The SMILES string of the molecule is COc1cc(C(=O)NC(C)c2cccc(NC(=O)c3ccccc3)c2)ccc1C. The van der Waals surface area contributed by atoms with Crippen molar-refractivity contribution in [2.75, 3.05) is 12.4 Å². The predicted molar refractivity (Wildman–Crippen MR) is 114 cm³/mol. The Morgan fingerprint density at radius 2 is 1.62 bits per heavy atom. The largest absolute Gasteiger partial charge is 0.496 e. The van der Waals surface area contributed by atoms with E-state index in [-0.39, 0.29) is 17.9 Å². The molecule has 5 heteroatoms. The highest BCUT2D eigenvalue weighted by molar-refractivity contribution is 6.04. The summed E-state index contributed by atoms with van der Waals surface area (Å²) < 4.78 is 5.29. The van der Waals surface area contributed by atoms with Crippen LogP contribution in [0.15, 0.2) is 72.8 Å². The molecule has 3 rings (SSSR count). The van der Waals surface area contributed by atoms with Crippen LogP contribution in [-0.2, 0) is 0 Å². The van der Waals surface area contributed by atoms with E-state index in [1.54, 1.807) is 31.4 Å². The Morgan fingerprint density at radius 3 is 2.34 bits per heavy atom. The average Bonchev–Trinajstić information content (AvgIpc) is 2.74. The maximum Gasteiger partial charge on any atom is 0.255 e. The summed E-state index contributed by atoms with van der Waals surface area (Å²) in [6, 6.07) is 21.6. The second-order valence-corrected chi connectivity index (χ2v) is 6.83. The molecular weight excluding hydrogens is 364 g/mol. The number of methoxy groups -OCH3 is 1. The molecule has 1 atom stereocenters. The third kappa shape index (κ3) is 5.02. The van der Waals surface area contributed by atoms with Crippen LogP contribution in [0.5, 0.6) is 5.75 Å². The number of carbonyl (C=O) groups excluding carboxylic acids is 2. The van der Waals surface area contributed by atoms with Crippen molar-refractivity contribution in [1.82, 2.24) is 5.32 Å². The highest BCUT2D eigenvalue weighted by atomic mass is 16.5. The minimum Gasteiger partial charge on any atom is -0.496 e. The van der Waals surface area contributed by atoms with E-state index in [4.69, 9.17) is 4.74 Å². The first-order valence-electron chi connectivity index (χ1n) is 9.40. The third-order valence-electron chi connectivity index (χ3n) is 4.70. The molecule has 0 saturated carbocycles. The van der Waals surface area contributed by atoms with E-state index in [0.29, 0.717) is 22.6 Å². The third-order valence-corrected chi connectivity index (χ3v) is 4.70. The van der Waals surface area contributed by atoms with E-state index in [9.17, 15) is 9.59 Å². The molecule has 0 aliphatic heterocycles. The molecule has 0 aliphatic carbocycles. The van der Waals surface area contributed by atoms with Gasteiger partial charge in [-0.25, -0.2) is 0 Å². The summed E-state index contributed by atoms with van der Waals surface area (Å²) in [4.78, 5) is 25.0. The van der Waals surface area contributed by atoms with Crippen LogP contribution in [0.4, 0.5) is 5.69 Å². The smallest absolute Gasteiger partial charge is 0.255 e. The van der Waals surface area contributed by atoms with Crippen LogP contribution < -0.4 is 15.4 Å². The summed E-state index contributed by atoms with van der Waals surface area (Å²) in [5.74, 6) is 0.316. The quantitative estimate of drug-likeness (QED) is 0.640. The Balaban J connectivity index is 1.70. The van der Waals surface area contributed by atoms with Crippen LogP contribution in [0.2, 0.25) is 0 Å². The van der Waals surface area contributed by atoms with Crippen molar-refractivity contribution < 1.29 is 14.3 Å². The van der Waals surface area contributed by atoms with Gasteiger partial charge in [-0.05, 0) is 61.4 Å². The van der Waals surface area contributed by atoms with E-state index < -0.39 is 0 Å². The molecule has 0 aliphatic rings. The lowest BCUT2D eigenvalue weighted by atomic mass is 10.1. The fraction of sp³-hybridized carbons (Fsp3) is 0.167. The summed E-state index contributed by atoms with van der Waals surface area (Å²) in [5, 5.41) is 5.88. The van der Waals surface area contributed by atoms with Crippen molar-refractivity contribution in [3.8, 4) is 5.75 Å². The van der Waals surface area contributed by atoms with Gasteiger partial charge in [0.1, 0.15) is 5.75 Å². The number of benzene rings is 3. The van der Waals surface area contributed by atoms with Gasteiger partial charge in [-0.1, -0.05) is 36.4 Å². The number of amides is 2. The van der Waals surface area contributed by atoms with Crippen LogP contribution >= 0.6 is 0 Å². The maximum atomic E-state index is 12.6. The normalized spacial score (nSPS) is 11.4. The number of hydrogen-bond acceptors (Lipinski definition) is 3. The second kappa shape index (κ2) is 9.06. The first kappa shape index (κ1) is 20.1. The van der Waals surface area contributed by atoms with E-state index in [1.807, 2.05) is 62.4 Å². The zero-order valence-electron chi connectivity index (χ0n) is 16.7. The molecule has 0 radical (unpaired) electrons. The van der Waals surface area contributed by atoms with Gasteiger partial charge >= 0.3 is 0 Å². The fourth-order valence-corrected chi connectivity index (χ4v) is 3.00. The monoisotopic (exact) mass is 388 g/mol. The van der Waals surface area contributed by atoms with E-state index in [2.05, 4.69) is 10.6 Å². The minimum absolute atomic E-state index is 0.175. The molecular formula is C24H24N2O3. The van der Waals surface area contributed by atoms with E-state index in [0.717, 1.165) is 11.1 Å². The number of hydrogen-bond donors (Lipinski definition) is 2. The Labute approximate surface area is 170 Å². The van der Waals surface area contributed by atoms with Crippen LogP contribution in [0.25, 0.3) is 0 Å². The van der Waals surface area contributed by atoms with Crippen LogP contribution in [0.3, 0.4) is 0 Å². The van der Waals surface area contributed by atoms with Crippen molar-refractivity contribution in [3.63, 3.8) is 0 Å². The van der Waals surface area contributed by atoms with Crippen molar-refractivity contribution in [2.45, 2.75) is 19.9 Å². The second-order valence-electron chi connectivity index (χ2n) is 6.83. The van der Waals surface area contributed by atoms with Crippen LogP contribution in [0, 0.1) is 6.92 Å². The van der Waals surface area contributed by atoms with Crippen LogP contribution in [0.1, 0.15) is 44.8 Å². The predicted octanol–water partition coefficient (Wildman–Crippen LogP) is 4.75. The molecule has 1 unspecified atom stereocenters. The van der Waals surface area contributed by atoms with E-state index >= 15 is 0 Å². The molecule has 0 spiro atoms. The lowest BCUT2D eigenvalue weighted by Gasteiger charge is -2.16. The summed E-state index contributed by atoms with van der Waals surface area (Å²) in [7, 11) is 1.59. The zero-order chi connectivity index (χ0) is 20.8. The Bertz CT molecular complexity index is 1020. The fourth-order valence-electron chi connectivity index (χ4n) is 3.00. The molecule has 0 saturated heterocycles. The molecule has 2 amide bonds. The summed E-state index contributed by atoms with van der Waals surface area (Å²) in [6.07, 6.45) is 0. The number of carbonyl (C=O) groups is 2. The molecule has 148 valence electrons. The first-order valence-corrected chi connectivity index (χ1v) is 9.40. The molecule has 3 aromatic rings. The standard InChI is InChI=1S/C24H24N2O3/c1-16-12-13-20(15-22(16)29-3)24(28)25-17(2)19-10-7-11-21(14-19)26-23(27)18-8-5-4-6-9-18/h4-15,17H,1-3H3,(H,25,28)(H,26,27). The number of rotatable bonds is 6. The van der Waals surface area contributed by atoms with Gasteiger partial charge in [-0.3, -0.25) is 9.59 Å². The molecule has 0 bridgehead atoms.